The topological polar surface area (TPSA) is 89.1 Å². The van der Waals surface area contributed by atoms with Gasteiger partial charge in [0, 0.05) is 0 Å². The fourth-order valence-electron chi connectivity index (χ4n) is 1.74. The summed E-state index contributed by atoms with van der Waals surface area (Å²) in [6, 6.07) is 5.23. The molecule has 1 N–H and O–H groups in total. The fourth-order valence-corrected chi connectivity index (χ4v) is 3.05. The largest absolute Gasteiger partial charge is 0.469 e. The molecule has 0 bridgehead atoms. The van der Waals surface area contributed by atoms with Crippen molar-refractivity contribution in [2.45, 2.75) is 12.2 Å². The van der Waals surface area contributed by atoms with Crippen LogP contribution >= 0.6 is 0 Å². The van der Waals surface area contributed by atoms with Gasteiger partial charge in [-0.2, -0.15) is 0 Å². The SMILES string of the molecule is COC(=O)CCS(=O)(=O)Cc1ccc2nc[nH]c2c1. The zero-order valence-electron chi connectivity index (χ0n) is 10.4. The quantitative estimate of drug-likeness (QED) is 0.828. The predicted molar refractivity (Wildman–Crippen MR) is 70.2 cm³/mol. The molecule has 1 aromatic carbocycles. The summed E-state index contributed by atoms with van der Waals surface area (Å²) in [5.41, 5.74) is 2.25. The first-order valence-electron chi connectivity index (χ1n) is 5.69. The second kappa shape index (κ2) is 5.40. The molecule has 0 fully saturated rings. The number of methoxy groups -OCH3 is 1. The van der Waals surface area contributed by atoms with E-state index in [1.165, 1.54) is 7.11 Å². The molecule has 0 spiro atoms. The number of ether oxygens (including phenoxy) is 1. The highest BCUT2D eigenvalue weighted by Gasteiger charge is 2.15. The van der Waals surface area contributed by atoms with Crippen molar-refractivity contribution in [2.24, 2.45) is 0 Å². The van der Waals surface area contributed by atoms with Gasteiger partial charge in [-0.25, -0.2) is 13.4 Å². The van der Waals surface area contributed by atoms with Crippen molar-refractivity contribution in [2.75, 3.05) is 12.9 Å². The van der Waals surface area contributed by atoms with Gasteiger partial charge in [0.1, 0.15) is 0 Å². The standard InChI is InChI=1S/C12H14N2O4S/c1-18-12(15)4-5-19(16,17)7-9-2-3-10-11(6-9)14-8-13-10/h2-3,6,8H,4-5,7H2,1H3,(H,13,14). The summed E-state index contributed by atoms with van der Waals surface area (Å²) in [7, 11) is -2.09. The number of imidazole rings is 1. The summed E-state index contributed by atoms with van der Waals surface area (Å²) < 4.78 is 28.1. The minimum Gasteiger partial charge on any atom is -0.469 e. The molecule has 0 atom stereocenters. The van der Waals surface area contributed by atoms with Crippen molar-refractivity contribution in [3.63, 3.8) is 0 Å². The Kier molecular flexibility index (Phi) is 3.84. The molecule has 6 nitrogen and oxygen atoms in total. The summed E-state index contributed by atoms with van der Waals surface area (Å²) in [6.07, 6.45) is 1.44. The Morgan fingerprint density at radius 2 is 2.21 bits per heavy atom. The second-order valence-corrected chi connectivity index (χ2v) is 6.36. The average Bonchev–Trinajstić information content (AvgIpc) is 2.83. The van der Waals surface area contributed by atoms with Crippen molar-refractivity contribution in [1.29, 1.82) is 0 Å². The van der Waals surface area contributed by atoms with Crippen LogP contribution in [0.3, 0.4) is 0 Å². The van der Waals surface area contributed by atoms with Crippen LogP contribution in [0.15, 0.2) is 24.5 Å². The molecule has 0 aliphatic heterocycles. The number of benzene rings is 1. The van der Waals surface area contributed by atoms with E-state index in [2.05, 4.69) is 14.7 Å². The molecule has 2 aromatic rings. The number of sulfone groups is 1. The van der Waals surface area contributed by atoms with Gasteiger partial charge < -0.3 is 9.72 Å². The molecule has 1 heterocycles. The average molecular weight is 282 g/mol. The van der Waals surface area contributed by atoms with Crippen LogP contribution in [0.1, 0.15) is 12.0 Å². The van der Waals surface area contributed by atoms with E-state index in [-0.39, 0.29) is 17.9 Å². The molecule has 2 rings (SSSR count). The monoisotopic (exact) mass is 282 g/mol. The Balaban J connectivity index is 2.08. The Hall–Kier alpha value is -1.89. The first-order chi connectivity index (χ1) is 9.00. The summed E-state index contributed by atoms with van der Waals surface area (Å²) in [6.45, 7) is 0. The van der Waals surface area contributed by atoms with E-state index in [9.17, 15) is 13.2 Å². The van der Waals surface area contributed by atoms with Crippen LogP contribution in [0.2, 0.25) is 0 Å². The van der Waals surface area contributed by atoms with Crippen LogP contribution in [-0.2, 0) is 25.1 Å². The lowest BCUT2D eigenvalue weighted by Crippen LogP contribution is -2.14. The minimum atomic E-state index is -3.33. The Morgan fingerprint density at radius 1 is 1.42 bits per heavy atom. The van der Waals surface area contributed by atoms with Crippen molar-refractivity contribution in [3.8, 4) is 0 Å². The Morgan fingerprint density at radius 3 is 2.95 bits per heavy atom. The normalized spacial score (nSPS) is 11.6. The summed E-state index contributed by atoms with van der Waals surface area (Å²) in [4.78, 5) is 17.9. The predicted octanol–water partition coefficient (Wildman–Crippen LogP) is 1.04. The molecular formula is C12H14N2O4S. The zero-order chi connectivity index (χ0) is 13.9. The van der Waals surface area contributed by atoms with Gasteiger partial charge in [-0.3, -0.25) is 4.79 Å². The number of aromatic amines is 1. The van der Waals surface area contributed by atoms with E-state index in [0.717, 1.165) is 11.0 Å². The highest BCUT2D eigenvalue weighted by molar-refractivity contribution is 7.90. The number of H-pyrrole nitrogens is 1. The van der Waals surface area contributed by atoms with Gasteiger partial charge >= 0.3 is 5.97 Å². The number of esters is 1. The number of rotatable bonds is 5. The number of hydrogen-bond donors (Lipinski definition) is 1. The maximum Gasteiger partial charge on any atom is 0.306 e. The van der Waals surface area contributed by atoms with Crippen LogP contribution in [-0.4, -0.2) is 37.2 Å². The summed E-state index contributed by atoms with van der Waals surface area (Å²) in [5.74, 6) is -0.827. The first-order valence-corrected chi connectivity index (χ1v) is 7.51. The highest BCUT2D eigenvalue weighted by atomic mass is 32.2. The third-order valence-electron chi connectivity index (χ3n) is 2.72. The summed E-state index contributed by atoms with van der Waals surface area (Å²) >= 11 is 0. The van der Waals surface area contributed by atoms with Gasteiger partial charge in [0.15, 0.2) is 9.84 Å². The number of nitrogens with one attached hydrogen (secondary N) is 1. The van der Waals surface area contributed by atoms with Crippen molar-refractivity contribution in [3.05, 3.63) is 30.1 Å². The maximum absolute atomic E-state index is 11.9. The number of carbonyl (C=O) groups excluding carboxylic acids is 1. The Bertz CT molecular complexity index is 691. The summed E-state index contributed by atoms with van der Waals surface area (Å²) in [5, 5.41) is 0. The van der Waals surface area contributed by atoms with E-state index in [0.29, 0.717) is 5.56 Å². The number of hydrogen-bond acceptors (Lipinski definition) is 5. The fraction of sp³-hybridized carbons (Fsp3) is 0.333. The molecule has 0 saturated heterocycles. The van der Waals surface area contributed by atoms with E-state index in [4.69, 9.17) is 0 Å². The van der Waals surface area contributed by atoms with Crippen LogP contribution in [0.5, 0.6) is 0 Å². The molecule has 0 saturated carbocycles. The smallest absolute Gasteiger partial charge is 0.306 e. The first kappa shape index (κ1) is 13.5. The molecule has 102 valence electrons. The van der Waals surface area contributed by atoms with E-state index >= 15 is 0 Å². The minimum absolute atomic E-state index is 0.0983. The van der Waals surface area contributed by atoms with Gasteiger partial charge in [-0.05, 0) is 17.7 Å². The molecule has 19 heavy (non-hydrogen) atoms. The third-order valence-corrected chi connectivity index (χ3v) is 4.32. The van der Waals surface area contributed by atoms with Crippen LogP contribution in [0.4, 0.5) is 0 Å². The maximum atomic E-state index is 11.9. The van der Waals surface area contributed by atoms with Crippen LogP contribution < -0.4 is 0 Å². The molecule has 1 aromatic heterocycles. The van der Waals surface area contributed by atoms with Gasteiger partial charge in [-0.1, -0.05) is 6.07 Å². The van der Waals surface area contributed by atoms with Crippen molar-refractivity contribution >= 4 is 26.8 Å². The zero-order valence-corrected chi connectivity index (χ0v) is 11.2. The van der Waals surface area contributed by atoms with E-state index < -0.39 is 15.8 Å². The molecule has 0 aliphatic carbocycles. The molecule has 0 amide bonds. The molecule has 0 radical (unpaired) electrons. The highest BCUT2D eigenvalue weighted by Crippen LogP contribution is 2.14. The third kappa shape index (κ3) is 3.54. The van der Waals surface area contributed by atoms with Crippen molar-refractivity contribution in [1.82, 2.24) is 9.97 Å². The number of aromatic nitrogens is 2. The lowest BCUT2D eigenvalue weighted by Gasteiger charge is -2.04. The Labute approximate surface area is 110 Å². The van der Waals surface area contributed by atoms with Gasteiger partial charge in [0.25, 0.3) is 0 Å². The lowest BCUT2D eigenvalue weighted by molar-refractivity contribution is -0.140. The molecule has 7 heteroatoms. The van der Waals surface area contributed by atoms with Gasteiger partial charge in [-0.15, -0.1) is 0 Å². The number of fused-ring (bicyclic) bond motifs is 1. The second-order valence-electron chi connectivity index (χ2n) is 4.17. The lowest BCUT2D eigenvalue weighted by atomic mass is 10.2. The van der Waals surface area contributed by atoms with Gasteiger partial charge in [0.2, 0.25) is 0 Å². The number of nitrogens with zero attached hydrogens (tertiary/aromatic N) is 1. The van der Waals surface area contributed by atoms with E-state index in [1.54, 1.807) is 24.5 Å². The molecule has 0 unspecified atom stereocenters. The van der Waals surface area contributed by atoms with Gasteiger partial charge in [0.05, 0.1) is 42.4 Å². The molecular weight excluding hydrogens is 268 g/mol. The van der Waals surface area contributed by atoms with Crippen molar-refractivity contribution < 1.29 is 17.9 Å². The molecule has 0 aliphatic rings. The van der Waals surface area contributed by atoms with Crippen LogP contribution in [0.25, 0.3) is 11.0 Å². The number of carbonyl (C=O) groups is 1. The van der Waals surface area contributed by atoms with Crippen LogP contribution in [0, 0.1) is 0 Å². The van der Waals surface area contributed by atoms with E-state index in [1.807, 2.05) is 0 Å².